The van der Waals surface area contributed by atoms with Crippen LogP contribution in [0, 0.1) is 5.41 Å². The maximum absolute atomic E-state index is 12.2. The van der Waals surface area contributed by atoms with E-state index in [4.69, 9.17) is 5.73 Å². The van der Waals surface area contributed by atoms with Crippen molar-refractivity contribution in [3.63, 3.8) is 0 Å². The first-order valence-corrected chi connectivity index (χ1v) is 6.24. The fraction of sp³-hybridized carbons (Fsp3) is 0.500. The maximum Gasteiger partial charge on any atom is 0.227 e. The Kier molecular flexibility index (Phi) is 5.31. The third kappa shape index (κ3) is 3.31. The minimum absolute atomic E-state index is 0.115. The largest absolute Gasteiger partial charge is 0.394 e. The fourth-order valence-electron chi connectivity index (χ4n) is 1.65. The van der Waals surface area contributed by atoms with Crippen molar-refractivity contribution in [3.8, 4) is 0 Å². The lowest BCUT2D eigenvalue weighted by Crippen LogP contribution is -2.45. The number of aliphatic hydroxyl groups excluding tert-OH is 1. The van der Waals surface area contributed by atoms with E-state index in [9.17, 15) is 9.90 Å². The first-order valence-electron chi connectivity index (χ1n) is 6.24. The summed E-state index contributed by atoms with van der Waals surface area (Å²) in [5.41, 5.74) is 5.96. The maximum atomic E-state index is 12.2. The lowest BCUT2D eigenvalue weighted by molar-refractivity contribution is -0.131. The zero-order valence-corrected chi connectivity index (χ0v) is 11.0. The molecule has 1 rings (SSSR count). The number of benzene rings is 1. The van der Waals surface area contributed by atoms with Crippen LogP contribution in [-0.2, 0) is 4.79 Å². The predicted octanol–water partition coefficient (Wildman–Crippen LogP) is 1.21. The summed E-state index contributed by atoms with van der Waals surface area (Å²) >= 11 is 0. The Labute approximate surface area is 108 Å². The number of aliphatic hydroxyl groups is 1. The smallest absolute Gasteiger partial charge is 0.227 e. The summed E-state index contributed by atoms with van der Waals surface area (Å²) in [5.74, 6) is -0.115. The second-order valence-electron chi connectivity index (χ2n) is 4.74. The zero-order chi connectivity index (χ0) is 13.6. The van der Waals surface area contributed by atoms with Gasteiger partial charge in [0.2, 0.25) is 5.91 Å². The van der Waals surface area contributed by atoms with Crippen LogP contribution in [0.15, 0.2) is 30.3 Å². The number of amides is 1. The number of nitrogens with two attached hydrogens (primary N) is 1. The van der Waals surface area contributed by atoms with Gasteiger partial charge in [0.15, 0.2) is 0 Å². The molecule has 0 aliphatic carbocycles. The highest BCUT2D eigenvalue weighted by Gasteiger charge is 2.31. The first kappa shape index (κ1) is 14.7. The van der Waals surface area contributed by atoms with Crippen molar-refractivity contribution in [3.05, 3.63) is 35.9 Å². The van der Waals surface area contributed by atoms with Gasteiger partial charge in [-0.15, -0.1) is 0 Å². The number of hydrogen-bond acceptors (Lipinski definition) is 3. The molecule has 0 fully saturated rings. The van der Waals surface area contributed by atoms with Gasteiger partial charge in [-0.1, -0.05) is 37.3 Å². The van der Waals surface area contributed by atoms with Gasteiger partial charge in [0, 0.05) is 6.54 Å². The van der Waals surface area contributed by atoms with Gasteiger partial charge in [-0.3, -0.25) is 4.79 Å². The lowest BCUT2D eigenvalue weighted by atomic mass is 9.86. The fourth-order valence-corrected chi connectivity index (χ4v) is 1.65. The molecule has 0 spiro atoms. The Balaban J connectivity index is 2.79. The van der Waals surface area contributed by atoms with E-state index in [2.05, 4.69) is 5.32 Å². The van der Waals surface area contributed by atoms with Gasteiger partial charge in [0.25, 0.3) is 0 Å². The van der Waals surface area contributed by atoms with Crippen molar-refractivity contribution in [1.29, 1.82) is 0 Å². The van der Waals surface area contributed by atoms with E-state index in [0.717, 1.165) is 5.56 Å². The van der Waals surface area contributed by atoms with Crippen molar-refractivity contribution in [2.45, 2.75) is 26.3 Å². The van der Waals surface area contributed by atoms with Crippen LogP contribution in [0.1, 0.15) is 31.9 Å². The summed E-state index contributed by atoms with van der Waals surface area (Å²) in [6.45, 7) is 3.94. The summed E-state index contributed by atoms with van der Waals surface area (Å²) in [6, 6.07) is 9.05. The van der Waals surface area contributed by atoms with Crippen molar-refractivity contribution >= 4 is 5.91 Å². The molecule has 1 aromatic carbocycles. The van der Waals surface area contributed by atoms with E-state index in [0.29, 0.717) is 13.0 Å². The molecule has 1 unspecified atom stereocenters. The summed E-state index contributed by atoms with van der Waals surface area (Å²) < 4.78 is 0. The van der Waals surface area contributed by atoms with Gasteiger partial charge in [-0.2, -0.15) is 0 Å². The summed E-state index contributed by atoms with van der Waals surface area (Å²) in [5, 5.41) is 12.2. The molecule has 1 aromatic rings. The monoisotopic (exact) mass is 250 g/mol. The predicted molar refractivity (Wildman–Crippen MR) is 71.9 cm³/mol. The SMILES string of the molecule is CCC(C)(CN)C(=O)N[C@H](CO)c1ccccc1. The van der Waals surface area contributed by atoms with E-state index in [-0.39, 0.29) is 18.6 Å². The average Bonchev–Trinajstić information content (AvgIpc) is 2.44. The third-order valence-electron chi connectivity index (χ3n) is 3.47. The summed E-state index contributed by atoms with van der Waals surface area (Å²) in [7, 11) is 0. The topological polar surface area (TPSA) is 75.4 Å². The summed E-state index contributed by atoms with van der Waals surface area (Å²) in [6.07, 6.45) is 0.669. The molecule has 4 nitrogen and oxygen atoms in total. The van der Waals surface area contributed by atoms with Gasteiger partial charge in [-0.25, -0.2) is 0 Å². The van der Waals surface area contributed by atoms with E-state index in [1.54, 1.807) is 0 Å². The number of carbonyl (C=O) groups is 1. The van der Waals surface area contributed by atoms with Crippen LogP contribution in [0.5, 0.6) is 0 Å². The van der Waals surface area contributed by atoms with Crippen molar-refractivity contribution in [2.24, 2.45) is 11.1 Å². The molecule has 0 heterocycles. The normalized spacial score (nSPS) is 15.8. The summed E-state index contributed by atoms with van der Waals surface area (Å²) in [4.78, 5) is 12.2. The van der Waals surface area contributed by atoms with Crippen LogP contribution >= 0.6 is 0 Å². The number of carbonyl (C=O) groups excluding carboxylic acids is 1. The number of rotatable bonds is 6. The number of nitrogens with one attached hydrogen (secondary N) is 1. The molecule has 2 atom stereocenters. The Morgan fingerprint density at radius 3 is 2.50 bits per heavy atom. The second-order valence-corrected chi connectivity index (χ2v) is 4.74. The van der Waals surface area contributed by atoms with Crippen LogP contribution in [0.2, 0.25) is 0 Å². The van der Waals surface area contributed by atoms with E-state index in [1.807, 2.05) is 44.2 Å². The van der Waals surface area contributed by atoms with Crippen molar-refractivity contribution < 1.29 is 9.90 Å². The lowest BCUT2D eigenvalue weighted by Gasteiger charge is -2.28. The van der Waals surface area contributed by atoms with Gasteiger partial charge in [-0.05, 0) is 18.9 Å². The van der Waals surface area contributed by atoms with Gasteiger partial charge >= 0.3 is 0 Å². The van der Waals surface area contributed by atoms with Crippen LogP contribution in [0.25, 0.3) is 0 Å². The second kappa shape index (κ2) is 6.52. The van der Waals surface area contributed by atoms with E-state index < -0.39 is 5.41 Å². The average molecular weight is 250 g/mol. The molecule has 0 aliphatic rings. The molecule has 18 heavy (non-hydrogen) atoms. The van der Waals surface area contributed by atoms with Gasteiger partial charge < -0.3 is 16.2 Å². The Hall–Kier alpha value is -1.39. The molecule has 0 saturated heterocycles. The molecule has 0 aliphatic heterocycles. The van der Waals surface area contributed by atoms with E-state index in [1.165, 1.54) is 0 Å². The first-order chi connectivity index (χ1) is 8.57. The highest BCUT2D eigenvalue weighted by atomic mass is 16.3. The highest BCUT2D eigenvalue weighted by Crippen LogP contribution is 2.21. The number of hydrogen-bond donors (Lipinski definition) is 3. The molecule has 1 amide bonds. The van der Waals surface area contributed by atoms with Crippen LogP contribution in [0.3, 0.4) is 0 Å². The van der Waals surface area contributed by atoms with Crippen LogP contribution < -0.4 is 11.1 Å². The van der Waals surface area contributed by atoms with E-state index >= 15 is 0 Å². The molecule has 0 saturated carbocycles. The molecule has 0 bridgehead atoms. The minimum Gasteiger partial charge on any atom is -0.394 e. The highest BCUT2D eigenvalue weighted by molar-refractivity contribution is 5.82. The molecule has 4 N–H and O–H groups in total. The molecule has 0 aromatic heterocycles. The Morgan fingerprint density at radius 1 is 1.44 bits per heavy atom. The third-order valence-corrected chi connectivity index (χ3v) is 3.47. The molecular formula is C14H22N2O2. The van der Waals surface area contributed by atoms with Crippen molar-refractivity contribution in [2.75, 3.05) is 13.2 Å². The van der Waals surface area contributed by atoms with Crippen molar-refractivity contribution in [1.82, 2.24) is 5.32 Å². The minimum atomic E-state index is -0.581. The Morgan fingerprint density at radius 2 is 2.06 bits per heavy atom. The van der Waals surface area contributed by atoms with Gasteiger partial charge in [0.05, 0.1) is 18.1 Å². The molecule has 100 valence electrons. The molecular weight excluding hydrogens is 228 g/mol. The molecule has 4 heteroatoms. The Bertz CT molecular complexity index is 375. The quantitative estimate of drug-likeness (QED) is 0.710. The van der Waals surface area contributed by atoms with Crippen LogP contribution in [0.4, 0.5) is 0 Å². The molecule has 0 radical (unpaired) electrons. The van der Waals surface area contributed by atoms with Gasteiger partial charge in [0.1, 0.15) is 0 Å². The zero-order valence-electron chi connectivity index (χ0n) is 11.0. The standard InChI is InChI=1S/C14H22N2O2/c1-3-14(2,10-15)13(18)16-12(9-17)11-7-5-4-6-8-11/h4-8,12,17H,3,9-10,15H2,1-2H3,(H,16,18)/t12-,14?/m1/s1. The van der Waals surface area contributed by atoms with Crippen LogP contribution in [-0.4, -0.2) is 24.2 Å².